The van der Waals surface area contributed by atoms with Gasteiger partial charge in [-0.3, -0.25) is 4.79 Å². The van der Waals surface area contributed by atoms with Gasteiger partial charge in [0.25, 0.3) is 0 Å². The summed E-state index contributed by atoms with van der Waals surface area (Å²) < 4.78 is 4.73. The number of esters is 1. The predicted octanol–water partition coefficient (Wildman–Crippen LogP) is 0.862. The molecule has 0 unspecified atom stereocenters. The average Bonchev–Trinajstić information content (AvgIpc) is 2.50. The van der Waals surface area contributed by atoms with Crippen molar-refractivity contribution < 1.29 is 29.3 Å². The Kier molecular flexibility index (Phi) is 4.38. The molecule has 2 rings (SSSR count). The Morgan fingerprint density at radius 2 is 1.59 bits per heavy atom. The van der Waals surface area contributed by atoms with Gasteiger partial charge in [0.15, 0.2) is 6.04 Å². The van der Waals surface area contributed by atoms with E-state index in [0.29, 0.717) is 0 Å². The third-order valence-electron chi connectivity index (χ3n) is 3.07. The molecule has 22 heavy (non-hydrogen) atoms. The molecule has 0 heterocycles. The molecule has 2 atom stereocenters. The highest BCUT2D eigenvalue weighted by atomic mass is 16.6. The Balaban J connectivity index is 2.25. The van der Waals surface area contributed by atoms with E-state index in [-0.39, 0.29) is 5.56 Å². The maximum Gasteiger partial charge on any atom is 0.347 e. The second-order valence-electron chi connectivity index (χ2n) is 4.59. The van der Waals surface area contributed by atoms with E-state index in [1.807, 2.05) is 12.1 Å². The van der Waals surface area contributed by atoms with E-state index in [0.717, 1.165) is 10.8 Å². The Hall–Kier alpha value is -2.93. The summed E-state index contributed by atoms with van der Waals surface area (Å²) in [7, 11) is 0. The van der Waals surface area contributed by atoms with Gasteiger partial charge < -0.3 is 20.7 Å². The molecule has 114 valence electrons. The third kappa shape index (κ3) is 3.21. The Morgan fingerprint density at radius 3 is 2.18 bits per heavy atom. The van der Waals surface area contributed by atoms with Crippen molar-refractivity contribution in [1.29, 1.82) is 0 Å². The van der Waals surface area contributed by atoms with E-state index in [9.17, 15) is 14.4 Å². The van der Waals surface area contributed by atoms with Gasteiger partial charge in [-0.05, 0) is 22.9 Å². The average molecular weight is 303 g/mol. The first-order valence-corrected chi connectivity index (χ1v) is 6.31. The lowest BCUT2D eigenvalue weighted by molar-refractivity contribution is -0.155. The first-order chi connectivity index (χ1) is 10.4. The number of hydrogen-bond donors (Lipinski definition) is 3. The zero-order valence-electron chi connectivity index (χ0n) is 11.3. The van der Waals surface area contributed by atoms with E-state index < -0.39 is 30.1 Å². The number of fused-ring (bicyclic) bond motifs is 1. The molecule has 0 amide bonds. The highest BCUT2D eigenvalue weighted by molar-refractivity contribution is 5.97. The molecule has 0 fully saturated rings. The fraction of sp³-hybridized carbons (Fsp3) is 0.133. The van der Waals surface area contributed by atoms with Crippen LogP contribution in [0.2, 0.25) is 0 Å². The minimum atomic E-state index is -1.96. The molecule has 7 nitrogen and oxygen atoms in total. The van der Waals surface area contributed by atoms with Gasteiger partial charge in [0.2, 0.25) is 6.10 Å². The van der Waals surface area contributed by atoms with Gasteiger partial charge in [-0.2, -0.15) is 0 Å². The van der Waals surface area contributed by atoms with Crippen LogP contribution in [0.4, 0.5) is 0 Å². The van der Waals surface area contributed by atoms with Crippen molar-refractivity contribution >= 4 is 28.7 Å². The largest absolute Gasteiger partial charge is 0.480 e. The second kappa shape index (κ2) is 6.23. The van der Waals surface area contributed by atoms with E-state index in [1.54, 1.807) is 18.2 Å². The highest BCUT2D eigenvalue weighted by Crippen LogP contribution is 2.17. The number of carboxylic acid groups (broad SMARTS) is 2. The number of nitrogens with two attached hydrogens (primary N) is 1. The molecule has 0 aliphatic rings. The fourth-order valence-corrected chi connectivity index (χ4v) is 1.91. The monoisotopic (exact) mass is 303 g/mol. The molecule has 0 aliphatic heterocycles. The van der Waals surface area contributed by atoms with E-state index in [1.165, 1.54) is 12.1 Å². The van der Waals surface area contributed by atoms with Gasteiger partial charge >= 0.3 is 17.9 Å². The molecule has 0 saturated heterocycles. The summed E-state index contributed by atoms with van der Waals surface area (Å²) in [5.41, 5.74) is 5.33. The Bertz CT molecular complexity index is 742. The maximum absolute atomic E-state index is 12.0. The number of carbonyl (C=O) groups is 3. The van der Waals surface area contributed by atoms with Crippen LogP contribution in [0.15, 0.2) is 42.5 Å². The van der Waals surface area contributed by atoms with Gasteiger partial charge in [-0.25, -0.2) is 9.59 Å². The molecule has 2 aromatic rings. The SMILES string of the molecule is N[C@@H](C(=O)O)[C@@H](OC(=O)c1ccc2ccccc2c1)C(=O)O. The van der Waals surface area contributed by atoms with E-state index >= 15 is 0 Å². The zero-order chi connectivity index (χ0) is 16.3. The van der Waals surface area contributed by atoms with E-state index in [2.05, 4.69) is 0 Å². The number of carbonyl (C=O) groups excluding carboxylic acids is 1. The summed E-state index contributed by atoms with van der Waals surface area (Å²) in [6.07, 6.45) is -1.96. The third-order valence-corrected chi connectivity index (χ3v) is 3.07. The van der Waals surface area contributed by atoms with Crippen LogP contribution in [0, 0.1) is 0 Å². The smallest absolute Gasteiger partial charge is 0.347 e. The lowest BCUT2D eigenvalue weighted by atomic mass is 10.1. The topological polar surface area (TPSA) is 127 Å². The van der Waals surface area contributed by atoms with Gasteiger partial charge in [-0.1, -0.05) is 30.3 Å². The summed E-state index contributed by atoms with van der Waals surface area (Å²) in [4.78, 5) is 33.8. The van der Waals surface area contributed by atoms with Crippen LogP contribution in [-0.4, -0.2) is 40.3 Å². The van der Waals surface area contributed by atoms with Crippen LogP contribution in [0.25, 0.3) is 10.8 Å². The first kappa shape index (κ1) is 15.5. The fourth-order valence-electron chi connectivity index (χ4n) is 1.91. The molecular weight excluding hydrogens is 290 g/mol. The number of benzene rings is 2. The quantitative estimate of drug-likeness (QED) is 0.699. The standard InChI is InChI=1S/C15H13NO6/c16-11(13(17)18)12(14(19)20)22-15(21)10-6-5-8-3-1-2-4-9(8)7-10/h1-7,11-12H,16H2,(H,17,18)(H,19,20)/t11-,12-/m1/s1. The highest BCUT2D eigenvalue weighted by Gasteiger charge is 2.34. The second-order valence-corrected chi connectivity index (χ2v) is 4.59. The van der Waals surface area contributed by atoms with Crippen molar-refractivity contribution in [3.63, 3.8) is 0 Å². The molecule has 0 bridgehead atoms. The van der Waals surface area contributed by atoms with E-state index in [4.69, 9.17) is 20.7 Å². The Labute approximate surface area is 124 Å². The summed E-state index contributed by atoms with van der Waals surface area (Å²) >= 11 is 0. The van der Waals surface area contributed by atoms with Crippen molar-refractivity contribution in [3.8, 4) is 0 Å². The molecule has 2 aromatic carbocycles. The van der Waals surface area contributed by atoms with Crippen LogP contribution in [0.5, 0.6) is 0 Å². The first-order valence-electron chi connectivity index (χ1n) is 6.31. The van der Waals surface area contributed by atoms with Crippen molar-refractivity contribution in [2.24, 2.45) is 5.73 Å². The van der Waals surface area contributed by atoms with Crippen LogP contribution in [-0.2, 0) is 14.3 Å². The van der Waals surface area contributed by atoms with Gasteiger partial charge in [-0.15, -0.1) is 0 Å². The molecule has 0 aliphatic carbocycles. The number of hydrogen-bond acceptors (Lipinski definition) is 5. The summed E-state index contributed by atoms with van der Waals surface area (Å²) in [6.45, 7) is 0. The number of ether oxygens (including phenoxy) is 1. The van der Waals surface area contributed by atoms with Crippen LogP contribution < -0.4 is 5.73 Å². The predicted molar refractivity (Wildman–Crippen MR) is 76.4 cm³/mol. The van der Waals surface area contributed by atoms with Crippen molar-refractivity contribution in [1.82, 2.24) is 0 Å². The summed E-state index contributed by atoms with van der Waals surface area (Å²) in [6, 6.07) is 10.1. The number of rotatable bonds is 5. The number of aliphatic carboxylic acids is 2. The van der Waals surface area contributed by atoms with Crippen molar-refractivity contribution in [2.45, 2.75) is 12.1 Å². The zero-order valence-corrected chi connectivity index (χ0v) is 11.3. The van der Waals surface area contributed by atoms with Crippen molar-refractivity contribution in [3.05, 3.63) is 48.0 Å². The lowest BCUT2D eigenvalue weighted by Gasteiger charge is -2.17. The minimum Gasteiger partial charge on any atom is -0.480 e. The molecule has 4 N–H and O–H groups in total. The molecular formula is C15H13NO6. The van der Waals surface area contributed by atoms with Gasteiger partial charge in [0, 0.05) is 0 Å². The Morgan fingerprint density at radius 1 is 0.955 bits per heavy atom. The lowest BCUT2D eigenvalue weighted by Crippen LogP contribution is -2.48. The minimum absolute atomic E-state index is 0.113. The van der Waals surface area contributed by atoms with Crippen LogP contribution >= 0.6 is 0 Å². The van der Waals surface area contributed by atoms with Gasteiger partial charge in [0.1, 0.15) is 0 Å². The normalized spacial score (nSPS) is 13.3. The molecule has 0 saturated carbocycles. The summed E-state index contributed by atoms with van der Waals surface area (Å²) in [5, 5.41) is 19.4. The number of carboxylic acids is 2. The van der Waals surface area contributed by atoms with Crippen LogP contribution in [0.3, 0.4) is 0 Å². The van der Waals surface area contributed by atoms with Gasteiger partial charge in [0.05, 0.1) is 5.56 Å². The van der Waals surface area contributed by atoms with Crippen LogP contribution in [0.1, 0.15) is 10.4 Å². The van der Waals surface area contributed by atoms with Crippen molar-refractivity contribution in [2.75, 3.05) is 0 Å². The maximum atomic E-state index is 12.0. The summed E-state index contributed by atoms with van der Waals surface area (Å²) in [5.74, 6) is -4.14. The molecule has 0 aromatic heterocycles. The molecule has 0 spiro atoms. The molecule has 0 radical (unpaired) electrons. The molecule has 7 heteroatoms.